The SMILES string of the molecule is CC(=O)OCCCCC=CC(F)(F)C(F)(F)C(F)(F)C(F)(F)F. The zero-order chi connectivity index (χ0) is 18.5. The van der Waals surface area contributed by atoms with E-state index in [4.69, 9.17) is 0 Å². The minimum absolute atomic E-state index is 0.0676. The lowest BCUT2D eigenvalue weighted by Gasteiger charge is -2.32. The van der Waals surface area contributed by atoms with E-state index in [9.17, 15) is 44.3 Å². The van der Waals surface area contributed by atoms with Crippen LogP contribution in [0.5, 0.6) is 0 Å². The Morgan fingerprint density at radius 2 is 1.43 bits per heavy atom. The van der Waals surface area contributed by atoms with Gasteiger partial charge >= 0.3 is 29.9 Å². The number of esters is 1. The molecule has 0 spiro atoms. The molecule has 136 valence electrons. The summed E-state index contributed by atoms with van der Waals surface area (Å²) in [4.78, 5) is 10.4. The number of rotatable bonds is 8. The normalized spacial score (nSPS) is 14.3. The molecule has 2 nitrogen and oxygen atoms in total. The van der Waals surface area contributed by atoms with Gasteiger partial charge < -0.3 is 4.74 Å². The largest absolute Gasteiger partial charge is 0.466 e. The predicted molar refractivity (Wildman–Crippen MR) is 60.5 cm³/mol. The number of halogens is 9. The van der Waals surface area contributed by atoms with Crippen LogP contribution in [0, 0.1) is 0 Å². The first kappa shape index (κ1) is 21.6. The van der Waals surface area contributed by atoms with Crippen LogP contribution >= 0.6 is 0 Å². The molecule has 0 N–H and O–H groups in total. The fraction of sp³-hybridized carbons (Fsp3) is 0.750. The van der Waals surface area contributed by atoms with Gasteiger partial charge in [0.05, 0.1) is 6.61 Å². The van der Waals surface area contributed by atoms with Gasteiger partial charge in [0.15, 0.2) is 0 Å². The third-order valence-corrected chi connectivity index (χ3v) is 2.57. The Balaban J connectivity index is 4.73. The van der Waals surface area contributed by atoms with E-state index < -0.39 is 36.0 Å². The van der Waals surface area contributed by atoms with Crippen molar-refractivity contribution >= 4 is 5.97 Å². The van der Waals surface area contributed by atoms with Crippen molar-refractivity contribution in [2.75, 3.05) is 6.61 Å². The highest BCUT2D eigenvalue weighted by Crippen LogP contribution is 2.53. The van der Waals surface area contributed by atoms with E-state index in [1.807, 2.05) is 0 Å². The molecule has 0 aromatic heterocycles. The van der Waals surface area contributed by atoms with E-state index in [-0.39, 0.29) is 25.9 Å². The molecule has 0 aromatic carbocycles. The van der Waals surface area contributed by atoms with Gasteiger partial charge in [0, 0.05) is 6.92 Å². The number of allylic oxidation sites excluding steroid dienone is 2. The summed E-state index contributed by atoms with van der Waals surface area (Å²) in [6.45, 7) is 1.05. The van der Waals surface area contributed by atoms with E-state index in [1.165, 1.54) is 0 Å². The number of carbonyl (C=O) groups excluding carboxylic acids is 1. The van der Waals surface area contributed by atoms with Crippen LogP contribution < -0.4 is 0 Å². The molecule has 23 heavy (non-hydrogen) atoms. The highest BCUT2D eigenvalue weighted by Gasteiger charge is 2.81. The minimum atomic E-state index is -6.89. The van der Waals surface area contributed by atoms with Gasteiger partial charge in [-0.3, -0.25) is 4.79 Å². The van der Waals surface area contributed by atoms with Crippen LogP contribution in [0.3, 0.4) is 0 Å². The molecule has 0 saturated carbocycles. The molecule has 0 unspecified atom stereocenters. The summed E-state index contributed by atoms with van der Waals surface area (Å²) < 4.78 is 117. The molecule has 0 fully saturated rings. The van der Waals surface area contributed by atoms with Gasteiger partial charge in [0.2, 0.25) is 0 Å². The highest BCUT2D eigenvalue weighted by molar-refractivity contribution is 5.65. The second-order valence-electron chi connectivity index (χ2n) is 4.51. The topological polar surface area (TPSA) is 26.3 Å². The summed E-state index contributed by atoms with van der Waals surface area (Å²) in [5.74, 6) is -19.8. The molecule has 0 saturated heterocycles. The van der Waals surface area contributed by atoms with Crippen LogP contribution in [0.4, 0.5) is 39.5 Å². The molecule has 0 aliphatic rings. The van der Waals surface area contributed by atoms with Crippen molar-refractivity contribution in [1.29, 1.82) is 0 Å². The fourth-order valence-corrected chi connectivity index (χ4v) is 1.30. The Bertz CT molecular complexity index is 427. The summed E-state index contributed by atoms with van der Waals surface area (Å²) in [5, 5.41) is 0. The minimum Gasteiger partial charge on any atom is -0.466 e. The summed E-state index contributed by atoms with van der Waals surface area (Å²) in [5.41, 5.74) is 0. The first-order valence-electron chi connectivity index (χ1n) is 6.18. The molecule has 0 heterocycles. The Hall–Kier alpha value is -1.42. The number of alkyl halides is 9. The van der Waals surface area contributed by atoms with Crippen molar-refractivity contribution < 1.29 is 49.0 Å². The summed E-state index contributed by atoms with van der Waals surface area (Å²) in [7, 11) is 0. The summed E-state index contributed by atoms with van der Waals surface area (Å²) in [6, 6.07) is 0. The van der Waals surface area contributed by atoms with Gasteiger partial charge in [0.1, 0.15) is 0 Å². The zero-order valence-electron chi connectivity index (χ0n) is 11.7. The van der Waals surface area contributed by atoms with Gasteiger partial charge in [-0.1, -0.05) is 6.08 Å². The number of carbonyl (C=O) groups is 1. The van der Waals surface area contributed by atoms with E-state index in [0.29, 0.717) is 6.08 Å². The maximum atomic E-state index is 13.0. The van der Waals surface area contributed by atoms with Crippen molar-refractivity contribution in [3.63, 3.8) is 0 Å². The van der Waals surface area contributed by atoms with Crippen molar-refractivity contribution in [2.24, 2.45) is 0 Å². The van der Waals surface area contributed by atoms with Crippen LogP contribution in [-0.2, 0) is 9.53 Å². The van der Waals surface area contributed by atoms with Crippen LogP contribution in [0.2, 0.25) is 0 Å². The summed E-state index contributed by atoms with van der Waals surface area (Å²) >= 11 is 0. The second kappa shape index (κ2) is 7.43. The molecule has 0 rings (SSSR count). The highest BCUT2D eigenvalue weighted by atomic mass is 19.4. The fourth-order valence-electron chi connectivity index (χ4n) is 1.30. The van der Waals surface area contributed by atoms with Gasteiger partial charge in [0.25, 0.3) is 0 Å². The van der Waals surface area contributed by atoms with Crippen molar-refractivity contribution in [1.82, 2.24) is 0 Å². The molecular formula is C12H13F9O2. The van der Waals surface area contributed by atoms with Gasteiger partial charge in [-0.2, -0.15) is 39.5 Å². The Morgan fingerprint density at radius 3 is 1.87 bits per heavy atom. The van der Waals surface area contributed by atoms with E-state index in [0.717, 1.165) is 6.92 Å². The first-order chi connectivity index (χ1) is 10.2. The van der Waals surface area contributed by atoms with Gasteiger partial charge in [-0.15, -0.1) is 0 Å². The van der Waals surface area contributed by atoms with Crippen LogP contribution in [0.1, 0.15) is 26.2 Å². The standard InChI is InChI=1S/C12H13F9O2/c1-8(22)23-7-5-3-2-4-6-9(13,14)10(15,16)11(17,18)12(19,20)21/h4,6H,2-3,5,7H2,1H3. The predicted octanol–water partition coefficient (Wildman–Crippen LogP) is 4.74. The number of hydrogen-bond acceptors (Lipinski definition) is 2. The van der Waals surface area contributed by atoms with Crippen LogP contribution in [-0.4, -0.2) is 36.5 Å². The third kappa shape index (κ3) is 5.31. The number of unbranched alkanes of at least 4 members (excludes halogenated alkanes) is 2. The lowest BCUT2D eigenvalue weighted by molar-refractivity contribution is -0.388. The van der Waals surface area contributed by atoms with Crippen molar-refractivity contribution in [3.8, 4) is 0 Å². The molecule has 0 atom stereocenters. The maximum Gasteiger partial charge on any atom is 0.460 e. The molecule has 0 radical (unpaired) electrons. The molecule has 11 heteroatoms. The van der Waals surface area contributed by atoms with E-state index in [1.54, 1.807) is 0 Å². The molecule has 0 amide bonds. The molecule has 0 bridgehead atoms. The number of ether oxygens (including phenoxy) is 1. The molecule has 0 aliphatic carbocycles. The average molecular weight is 360 g/mol. The van der Waals surface area contributed by atoms with Crippen LogP contribution in [0.15, 0.2) is 12.2 Å². The summed E-state index contributed by atoms with van der Waals surface area (Å²) in [6.07, 6.45) is -7.19. The lowest BCUT2D eigenvalue weighted by atomic mass is 10.0. The Kier molecular flexibility index (Phi) is 6.97. The Labute approximate surface area is 125 Å². The van der Waals surface area contributed by atoms with Gasteiger partial charge in [-0.05, 0) is 25.3 Å². The van der Waals surface area contributed by atoms with E-state index >= 15 is 0 Å². The lowest BCUT2D eigenvalue weighted by Crippen LogP contribution is -2.60. The monoisotopic (exact) mass is 360 g/mol. The first-order valence-corrected chi connectivity index (χ1v) is 6.18. The Morgan fingerprint density at radius 1 is 0.913 bits per heavy atom. The zero-order valence-corrected chi connectivity index (χ0v) is 11.7. The quantitative estimate of drug-likeness (QED) is 0.270. The van der Waals surface area contributed by atoms with Crippen molar-refractivity contribution in [3.05, 3.63) is 12.2 Å². The molecule has 0 aromatic rings. The second-order valence-corrected chi connectivity index (χ2v) is 4.51. The smallest absolute Gasteiger partial charge is 0.460 e. The average Bonchev–Trinajstić information content (AvgIpc) is 2.35. The maximum absolute atomic E-state index is 13.0. The number of hydrogen-bond donors (Lipinski definition) is 0. The van der Waals surface area contributed by atoms with Gasteiger partial charge in [-0.25, -0.2) is 0 Å². The molecule has 0 aliphatic heterocycles. The third-order valence-electron chi connectivity index (χ3n) is 2.57. The van der Waals surface area contributed by atoms with E-state index in [2.05, 4.69) is 4.74 Å². The molecular weight excluding hydrogens is 347 g/mol. The van der Waals surface area contributed by atoms with Crippen LogP contribution in [0.25, 0.3) is 0 Å². The van der Waals surface area contributed by atoms with Crippen molar-refractivity contribution in [2.45, 2.75) is 50.1 Å².